The van der Waals surface area contributed by atoms with Gasteiger partial charge in [-0.15, -0.1) is 0 Å². The van der Waals surface area contributed by atoms with Crippen LogP contribution in [0.1, 0.15) is 52.4 Å². The second-order valence-electron chi connectivity index (χ2n) is 6.82. The Bertz CT molecular complexity index is 510. The van der Waals surface area contributed by atoms with Crippen LogP contribution in [-0.4, -0.2) is 45.6 Å². The molecule has 2 fully saturated rings. The molecule has 5 heteroatoms. The average molecular weight is 304 g/mol. The van der Waals surface area contributed by atoms with Gasteiger partial charge < -0.3 is 4.90 Å². The van der Waals surface area contributed by atoms with E-state index < -0.39 is 0 Å². The molecule has 0 radical (unpaired) electrons. The molecule has 1 aliphatic carbocycles. The van der Waals surface area contributed by atoms with E-state index in [1.54, 1.807) is 6.92 Å². The van der Waals surface area contributed by atoms with E-state index >= 15 is 0 Å². The van der Waals surface area contributed by atoms with Crippen LogP contribution in [0.4, 0.5) is 0 Å². The van der Waals surface area contributed by atoms with Gasteiger partial charge in [0.1, 0.15) is 0 Å². The van der Waals surface area contributed by atoms with Crippen molar-refractivity contribution in [2.24, 2.45) is 5.92 Å². The van der Waals surface area contributed by atoms with Gasteiger partial charge in [0.2, 0.25) is 5.91 Å². The van der Waals surface area contributed by atoms with E-state index in [1.807, 2.05) is 0 Å². The van der Waals surface area contributed by atoms with Gasteiger partial charge in [0, 0.05) is 36.7 Å². The third-order valence-electron chi connectivity index (χ3n) is 5.37. The van der Waals surface area contributed by atoms with Crippen molar-refractivity contribution in [2.75, 3.05) is 0 Å². The largest absolute Gasteiger partial charge is 0.336 e. The standard InChI is InChI=1S/C17H24N2O3/c1-3-4-14-12-5-6-13(10-12)19(14)17(22)9-11(2)18-15(20)7-8-16(18)21/h7-8,11-14H,3-6,9-10H2,1-2H3. The summed E-state index contributed by atoms with van der Waals surface area (Å²) in [5.74, 6) is 0.142. The minimum atomic E-state index is -0.371. The lowest BCUT2D eigenvalue weighted by molar-refractivity contribution is -0.142. The maximum absolute atomic E-state index is 12.8. The average Bonchev–Trinajstić information content (AvgIpc) is 3.14. The molecular formula is C17H24N2O3. The maximum atomic E-state index is 12.8. The highest BCUT2D eigenvalue weighted by molar-refractivity contribution is 6.13. The Hall–Kier alpha value is -1.65. The second-order valence-corrected chi connectivity index (χ2v) is 6.82. The fourth-order valence-corrected chi connectivity index (χ4v) is 4.45. The molecule has 0 aromatic heterocycles. The zero-order valence-corrected chi connectivity index (χ0v) is 13.3. The monoisotopic (exact) mass is 304 g/mol. The summed E-state index contributed by atoms with van der Waals surface area (Å²) in [7, 11) is 0. The Morgan fingerprint density at radius 3 is 2.59 bits per heavy atom. The first-order valence-corrected chi connectivity index (χ1v) is 8.39. The number of nitrogens with zero attached hydrogens (tertiary/aromatic N) is 2. The van der Waals surface area contributed by atoms with E-state index in [2.05, 4.69) is 11.8 Å². The van der Waals surface area contributed by atoms with Gasteiger partial charge in [-0.2, -0.15) is 0 Å². The fourth-order valence-electron chi connectivity index (χ4n) is 4.45. The molecule has 2 aliphatic heterocycles. The molecule has 1 saturated carbocycles. The molecule has 1 saturated heterocycles. The van der Waals surface area contributed by atoms with Crippen LogP contribution in [0.3, 0.4) is 0 Å². The van der Waals surface area contributed by atoms with Crippen LogP contribution in [0.15, 0.2) is 12.2 Å². The summed E-state index contributed by atoms with van der Waals surface area (Å²) in [6.07, 6.45) is 8.42. The van der Waals surface area contributed by atoms with E-state index in [4.69, 9.17) is 0 Å². The van der Waals surface area contributed by atoms with Gasteiger partial charge in [0.25, 0.3) is 11.8 Å². The van der Waals surface area contributed by atoms with Crippen molar-refractivity contribution in [3.8, 4) is 0 Å². The first-order valence-electron chi connectivity index (χ1n) is 8.39. The SMILES string of the molecule is CCCC1C2CCC(C2)N1C(=O)CC(C)N1C(=O)C=CC1=O. The number of piperidine rings is 1. The minimum absolute atomic E-state index is 0.102. The summed E-state index contributed by atoms with van der Waals surface area (Å²) in [4.78, 5) is 39.5. The van der Waals surface area contributed by atoms with Crippen LogP contribution < -0.4 is 0 Å². The van der Waals surface area contributed by atoms with Crippen molar-refractivity contribution in [3.63, 3.8) is 0 Å². The first-order chi connectivity index (χ1) is 10.5. The van der Waals surface area contributed by atoms with Gasteiger partial charge in [-0.05, 0) is 38.5 Å². The van der Waals surface area contributed by atoms with Crippen molar-refractivity contribution in [2.45, 2.75) is 70.5 Å². The van der Waals surface area contributed by atoms with E-state index in [-0.39, 0.29) is 30.2 Å². The van der Waals surface area contributed by atoms with Crippen molar-refractivity contribution in [1.82, 2.24) is 9.80 Å². The number of fused-ring (bicyclic) bond motifs is 2. The third-order valence-corrected chi connectivity index (χ3v) is 5.37. The molecule has 4 unspecified atom stereocenters. The maximum Gasteiger partial charge on any atom is 0.253 e. The lowest BCUT2D eigenvalue weighted by Gasteiger charge is -2.36. The Morgan fingerprint density at radius 2 is 1.95 bits per heavy atom. The van der Waals surface area contributed by atoms with E-state index in [9.17, 15) is 14.4 Å². The number of likely N-dealkylation sites (tertiary alicyclic amines) is 1. The number of hydrogen-bond donors (Lipinski definition) is 0. The van der Waals surface area contributed by atoms with E-state index in [1.165, 1.54) is 23.5 Å². The van der Waals surface area contributed by atoms with Crippen molar-refractivity contribution >= 4 is 17.7 Å². The van der Waals surface area contributed by atoms with Crippen molar-refractivity contribution in [1.29, 1.82) is 0 Å². The topological polar surface area (TPSA) is 57.7 Å². The molecule has 120 valence electrons. The van der Waals surface area contributed by atoms with Gasteiger partial charge in [0.15, 0.2) is 0 Å². The Labute approximate surface area is 131 Å². The van der Waals surface area contributed by atoms with Crippen molar-refractivity contribution < 1.29 is 14.4 Å². The zero-order chi connectivity index (χ0) is 15.9. The molecule has 22 heavy (non-hydrogen) atoms. The molecule has 3 aliphatic rings. The van der Waals surface area contributed by atoms with Gasteiger partial charge >= 0.3 is 0 Å². The fraction of sp³-hybridized carbons (Fsp3) is 0.706. The molecule has 0 spiro atoms. The number of imide groups is 1. The predicted molar refractivity (Wildman–Crippen MR) is 81.7 cm³/mol. The molecule has 2 heterocycles. The molecular weight excluding hydrogens is 280 g/mol. The highest BCUT2D eigenvalue weighted by Gasteiger charge is 2.47. The Balaban J connectivity index is 1.66. The summed E-state index contributed by atoms with van der Waals surface area (Å²) in [6.45, 7) is 3.94. The Morgan fingerprint density at radius 1 is 1.27 bits per heavy atom. The van der Waals surface area contributed by atoms with Crippen LogP contribution >= 0.6 is 0 Å². The lowest BCUT2D eigenvalue weighted by atomic mass is 9.94. The van der Waals surface area contributed by atoms with Gasteiger partial charge in [0.05, 0.1) is 0 Å². The summed E-state index contributed by atoms with van der Waals surface area (Å²) in [5.41, 5.74) is 0. The molecule has 4 atom stereocenters. The molecule has 0 aromatic carbocycles. The number of rotatable bonds is 5. The summed E-state index contributed by atoms with van der Waals surface area (Å²) in [5, 5.41) is 0. The molecule has 0 N–H and O–H groups in total. The summed E-state index contributed by atoms with van der Waals surface area (Å²) in [6, 6.07) is 0.375. The number of carbonyl (C=O) groups excluding carboxylic acids is 3. The van der Waals surface area contributed by atoms with Crippen LogP contribution in [0, 0.1) is 5.92 Å². The van der Waals surface area contributed by atoms with Gasteiger partial charge in [-0.25, -0.2) is 0 Å². The quantitative estimate of drug-likeness (QED) is 0.729. The van der Waals surface area contributed by atoms with Crippen LogP contribution in [0.25, 0.3) is 0 Å². The molecule has 2 bridgehead atoms. The third kappa shape index (κ3) is 2.46. The number of hydrogen-bond acceptors (Lipinski definition) is 3. The molecule has 3 rings (SSSR count). The molecule has 3 amide bonds. The first kappa shape index (κ1) is 15.3. The van der Waals surface area contributed by atoms with Crippen LogP contribution in [-0.2, 0) is 14.4 Å². The van der Waals surface area contributed by atoms with Crippen molar-refractivity contribution in [3.05, 3.63) is 12.2 Å². The predicted octanol–water partition coefficient (Wildman–Crippen LogP) is 1.87. The lowest BCUT2D eigenvalue weighted by Crippen LogP contribution is -2.48. The molecule has 5 nitrogen and oxygen atoms in total. The van der Waals surface area contributed by atoms with Gasteiger partial charge in [-0.1, -0.05) is 13.3 Å². The summed E-state index contributed by atoms with van der Waals surface area (Å²) >= 11 is 0. The number of amides is 3. The highest BCUT2D eigenvalue weighted by atomic mass is 16.2. The minimum Gasteiger partial charge on any atom is -0.336 e. The smallest absolute Gasteiger partial charge is 0.253 e. The van der Waals surface area contributed by atoms with E-state index in [0.717, 1.165) is 25.7 Å². The molecule has 0 aromatic rings. The van der Waals surface area contributed by atoms with Gasteiger partial charge in [-0.3, -0.25) is 19.3 Å². The van der Waals surface area contributed by atoms with E-state index in [0.29, 0.717) is 18.0 Å². The second kappa shape index (κ2) is 5.86. The Kier molecular flexibility index (Phi) is 4.06. The number of carbonyl (C=O) groups is 3. The zero-order valence-electron chi connectivity index (χ0n) is 13.3. The normalized spacial score (nSPS) is 31.5. The highest BCUT2D eigenvalue weighted by Crippen LogP contribution is 2.44. The van der Waals surface area contributed by atoms with Crippen LogP contribution in [0.5, 0.6) is 0 Å². The summed E-state index contributed by atoms with van der Waals surface area (Å²) < 4.78 is 0. The van der Waals surface area contributed by atoms with Crippen LogP contribution in [0.2, 0.25) is 0 Å².